The highest BCUT2D eigenvalue weighted by Gasteiger charge is 2.30. The standard InChI is InChI=1S/C24H26N2O5S2/c27-22(21-12-7-15-33-21)26(16-19-10-6-14-32-19)20(23(28)29)11-4-5-13-25-24(30)31-17-18-8-2-1-3-9-18/h1-3,6-10,12,14-15,20H,4-5,11,13,16-17H2,(H,25,30)(H,28,29)/t20-/m0/s1. The number of ether oxygens (including phenoxy) is 1. The Balaban J connectivity index is 1.49. The molecule has 174 valence electrons. The Morgan fingerprint density at radius 3 is 2.39 bits per heavy atom. The van der Waals surface area contributed by atoms with Crippen molar-refractivity contribution in [2.24, 2.45) is 0 Å². The molecule has 7 nitrogen and oxygen atoms in total. The number of unbranched alkanes of at least 4 members (excludes halogenated alkanes) is 1. The molecule has 33 heavy (non-hydrogen) atoms. The molecule has 0 radical (unpaired) electrons. The molecule has 9 heteroatoms. The van der Waals surface area contributed by atoms with E-state index in [9.17, 15) is 19.5 Å². The smallest absolute Gasteiger partial charge is 0.407 e. The summed E-state index contributed by atoms with van der Waals surface area (Å²) in [6.45, 7) is 0.801. The van der Waals surface area contributed by atoms with Gasteiger partial charge in [0.05, 0.1) is 11.4 Å². The number of aliphatic carboxylic acids is 1. The molecular formula is C24H26N2O5S2. The van der Waals surface area contributed by atoms with Gasteiger partial charge < -0.3 is 20.1 Å². The average molecular weight is 487 g/mol. The number of benzene rings is 1. The van der Waals surface area contributed by atoms with Gasteiger partial charge in [-0.15, -0.1) is 22.7 Å². The van der Waals surface area contributed by atoms with E-state index in [1.54, 1.807) is 17.5 Å². The summed E-state index contributed by atoms with van der Waals surface area (Å²) in [7, 11) is 0. The van der Waals surface area contributed by atoms with Gasteiger partial charge in [-0.3, -0.25) is 4.79 Å². The van der Waals surface area contributed by atoms with Crippen LogP contribution in [0, 0.1) is 0 Å². The Hall–Kier alpha value is -3.17. The van der Waals surface area contributed by atoms with Gasteiger partial charge in [-0.2, -0.15) is 0 Å². The molecule has 0 unspecified atom stereocenters. The van der Waals surface area contributed by atoms with Crippen molar-refractivity contribution in [1.29, 1.82) is 0 Å². The van der Waals surface area contributed by atoms with Crippen LogP contribution in [-0.4, -0.2) is 40.6 Å². The number of carboxylic acids is 1. The molecule has 2 heterocycles. The summed E-state index contributed by atoms with van der Waals surface area (Å²) >= 11 is 2.79. The van der Waals surface area contributed by atoms with Crippen LogP contribution in [-0.2, 0) is 22.7 Å². The van der Waals surface area contributed by atoms with Crippen LogP contribution in [0.15, 0.2) is 65.4 Å². The predicted octanol–water partition coefficient (Wildman–Crippen LogP) is 5.00. The Kier molecular flexibility index (Phi) is 9.46. The summed E-state index contributed by atoms with van der Waals surface area (Å²) in [5.41, 5.74) is 0.901. The number of carboxylic acid groups (broad SMARTS) is 1. The summed E-state index contributed by atoms with van der Waals surface area (Å²) < 4.78 is 5.17. The maximum Gasteiger partial charge on any atom is 0.407 e. The fraction of sp³-hybridized carbons (Fsp3) is 0.292. The highest BCUT2D eigenvalue weighted by Crippen LogP contribution is 2.22. The largest absolute Gasteiger partial charge is 0.480 e. The van der Waals surface area contributed by atoms with Crippen LogP contribution in [0.5, 0.6) is 0 Å². The molecule has 0 aliphatic heterocycles. The number of alkyl carbamates (subject to hydrolysis) is 1. The first-order valence-corrected chi connectivity index (χ1v) is 12.3. The summed E-state index contributed by atoms with van der Waals surface area (Å²) in [6, 6.07) is 15.7. The third kappa shape index (κ3) is 7.73. The minimum absolute atomic E-state index is 0.191. The van der Waals surface area contributed by atoms with Crippen molar-refractivity contribution in [3.63, 3.8) is 0 Å². The minimum Gasteiger partial charge on any atom is -0.480 e. The normalized spacial score (nSPS) is 11.5. The first kappa shape index (κ1) is 24.5. The van der Waals surface area contributed by atoms with Gasteiger partial charge in [0.2, 0.25) is 0 Å². The zero-order chi connectivity index (χ0) is 23.5. The van der Waals surface area contributed by atoms with E-state index in [1.807, 2.05) is 47.8 Å². The fourth-order valence-corrected chi connectivity index (χ4v) is 4.66. The van der Waals surface area contributed by atoms with Crippen molar-refractivity contribution in [2.75, 3.05) is 6.54 Å². The van der Waals surface area contributed by atoms with Crippen LogP contribution in [0.4, 0.5) is 4.79 Å². The van der Waals surface area contributed by atoms with Crippen molar-refractivity contribution in [3.8, 4) is 0 Å². The molecule has 2 N–H and O–H groups in total. The molecule has 0 saturated heterocycles. The maximum atomic E-state index is 13.0. The fourth-order valence-electron chi connectivity index (χ4n) is 3.28. The number of hydrogen-bond donors (Lipinski definition) is 2. The SMILES string of the molecule is O=C(NCCCC[C@@H](C(=O)O)N(Cc1cccs1)C(=O)c1cccs1)OCc1ccccc1. The third-order valence-corrected chi connectivity index (χ3v) is 6.67. The van der Waals surface area contributed by atoms with Crippen LogP contribution in [0.3, 0.4) is 0 Å². The lowest BCUT2D eigenvalue weighted by atomic mass is 10.1. The third-order valence-electron chi connectivity index (χ3n) is 4.95. The molecule has 2 amide bonds. The van der Waals surface area contributed by atoms with E-state index in [1.165, 1.54) is 27.6 Å². The molecule has 0 saturated carbocycles. The number of carbonyl (C=O) groups excluding carboxylic acids is 2. The number of nitrogens with zero attached hydrogens (tertiary/aromatic N) is 1. The van der Waals surface area contributed by atoms with E-state index in [0.717, 1.165) is 10.4 Å². The summed E-state index contributed by atoms with van der Waals surface area (Å²) in [4.78, 5) is 39.8. The lowest BCUT2D eigenvalue weighted by molar-refractivity contribution is -0.142. The molecule has 0 bridgehead atoms. The summed E-state index contributed by atoms with van der Waals surface area (Å²) in [5.74, 6) is -1.32. The Morgan fingerprint density at radius 2 is 1.73 bits per heavy atom. The second-order valence-corrected chi connectivity index (χ2v) is 9.31. The number of nitrogens with one attached hydrogen (secondary N) is 1. The number of amides is 2. The second-order valence-electron chi connectivity index (χ2n) is 7.33. The topological polar surface area (TPSA) is 95.9 Å². The average Bonchev–Trinajstić information content (AvgIpc) is 3.53. The monoisotopic (exact) mass is 486 g/mol. The molecule has 0 spiro atoms. The van der Waals surface area contributed by atoms with Crippen molar-refractivity contribution in [1.82, 2.24) is 10.2 Å². The highest BCUT2D eigenvalue weighted by atomic mass is 32.1. The first-order chi connectivity index (χ1) is 16.0. The van der Waals surface area contributed by atoms with Gasteiger partial charge in [-0.25, -0.2) is 9.59 Å². The van der Waals surface area contributed by atoms with Gasteiger partial charge in [-0.1, -0.05) is 42.5 Å². The number of rotatable bonds is 12. The van der Waals surface area contributed by atoms with Crippen molar-refractivity contribution < 1.29 is 24.2 Å². The molecule has 3 rings (SSSR count). The minimum atomic E-state index is -1.04. The van der Waals surface area contributed by atoms with Crippen LogP contribution in [0.25, 0.3) is 0 Å². The molecular weight excluding hydrogens is 460 g/mol. The Morgan fingerprint density at radius 1 is 0.970 bits per heavy atom. The Labute approximate surface area is 200 Å². The quantitative estimate of drug-likeness (QED) is 0.351. The van der Waals surface area contributed by atoms with E-state index in [4.69, 9.17) is 4.74 Å². The van der Waals surface area contributed by atoms with Crippen LogP contribution in [0.1, 0.15) is 39.4 Å². The van der Waals surface area contributed by atoms with Gasteiger partial charge in [0.25, 0.3) is 5.91 Å². The molecule has 2 aromatic heterocycles. The van der Waals surface area contributed by atoms with E-state index in [0.29, 0.717) is 30.7 Å². The second kappa shape index (κ2) is 12.8. The summed E-state index contributed by atoms with van der Waals surface area (Å²) in [6.07, 6.45) is 0.887. The van der Waals surface area contributed by atoms with Gasteiger partial charge in [-0.05, 0) is 47.7 Å². The van der Waals surface area contributed by atoms with E-state index in [-0.39, 0.29) is 19.1 Å². The molecule has 0 fully saturated rings. The number of carbonyl (C=O) groups is 3. The molecule has 0 aliphatic rings. The molecule has 1 aromatic carbocycles. The highest BCUT2D eigenvalue weighted by molar-refractivity contribution is 7.12. The zero-order valence-electron chi connectivity index (χ0n) is 18.0. The lowest BCUT2D eigenvalue weighted by Crippen LogP contribution is -2.44. The summed E-state index contributed by atoms with van der Waals surface area (Å²) in [5, 5.41) is 16.3. The predicted molar refractivity (Wildman–Crippen MR) is 128 cm³/mol. The van der Waals surface area contributed by atoms with Crippen LogP contribution < -0.4 is 5.32 Å². The molecule has 0 aliphatic carbocycles. The lowest BCUT2D eigenvalue weighted by Gasteiger charge is -2.28. The van der Waals surface area contributed by atoms with Crippen molar-refractivity contribution in [3.05, 3.63) is 80.7 Å². The number of hydrogen-bond acceptors (Lipinski definition) is 6. The Bertz CT molecular complexity index is 1010. The molecule has 1 atom stereocenters. The van der Waals surface area contributed by atoms with Gasteiger partial charge in [0, 0.05) is 11.4 Å². The van der Waals surface area contributed by atoms with E-state index < -0.39 is 18.1 Å². The zero-order valence-corrected chi connectivity index (χ0v) is 19.6. The molecule has 3 aromatic rings. The van der Waals surface area contributed by atoms with Gasteiger partial charge in [0.1, 0.15) is 12.6 Å². The van der Waals surface area contributed by atoms with Gasteiger partial charge >= 0.3 is 12.1 Å². The maximum absolute atomic E-state index is 13.0. The van der Waals surface area contributed by atoms with Crippen molar-refractivity contribution in [2.45, 2.75) is 38.5 Å². The van der Waals surface area contributed by atoms with Crippen LogP contribution in [0.2, 0.25) is 0 Å². The van der Waals surface area contributed by atoms with Crippen molar-refractivity contribution >= 4 is 40.6 Å². The van der Waals surface area contributed by atoms with Gasteiger partial charge in [0.15, 0.2) is 0 Å². The van der Waals surface area contributed by atoms with E-state index >= 15 is 0 Å². The van der Waals surface area contributed by atoms with E-state index in [2.05, 4.69) is 5.32 Å². The number of thiophene rings is 2. The first-order valence-electron chi connectivity index (χ1n) is 10.6. The van der Waals surface area contributed by atoms with Crippen LogP contribution >= 0.6 is 22.7 Å².